The van der Waals surface area contributed by atoms with Crippen molar-refractivity contribution < 1.29 is 19.3 Å². The lowest BCUT2D eigenvalue weighted by molar-refractivity contribution is 0.283. The SMILES string of the molecule is COc1cc([C@@H]2C(C#N)=C(N)Oc3cc(O)ccc32)cc(Br)c1OCc1cccc2ccccc12. The van der Waals surface area contributed by atoms with Gasteiger partial charge >= 0.3 is 0 Å². The van der Waals surface area contributed by atoms with E-state index in [1.807, 2.05) is 36.4 Å². The minimum absolute atomic E-state index is 0.00183. The van der Waals surface area contributed by atoms with Crippen LogP contribution in [0.25, 0.3) is 10.8 Å². The molecule has 4 aromatic carbocycles. The van der Waals surface area contributed by atoms with Crippen molar-refractivity contribution in [2.45, 2.75) is 12.5 Å². The summed E-state index contributed by atoms with van der Waals surface area (Å²) in [6.45, 7) is 0.353. The number of methoxy groups -OCH3 is 1. The number of allylic oxidation sites excluding steroid dienone is 1. The summed E-state index contributed by atoms with van der Waals surface area (Å²) in [4.78, 5) is 0. The number of rotatable bonds is 5. The predicted octanol–water partition coefficient (Wildman–Crippen LogP) is 6.11. The molecule has 35 heavy (non-hydrogen) atoms. The first-order valence-electron chi connectivity index (χ1n) is 10.9. The number of benzene rings is 4. The van der Waals surface area contributed by atoms with E-state index in [0.29, 0.717) is 33.9 Å². The fourth-order valence-corrected chi connectivity index (χ4v) is 4.98. The third-order valence-corrected chi connectivity index (χ3v) is 6.63. The van der Waals surface area contributed by atoms with Crippen LogP contribution < -0.4 is 19.9 Å². The molecular formula is C28H21BrN2O4. The Morgan fingerprint density at radius 3 is 2.69 bits per heavy atom. The number of hydrogen-bond donors (Lipinski definition) is 2. The third-order valence-electron chi connectivity index (χ3n) is 6.04. The maximum Gasteiger partial charge on any atom is 0.205 e. The highest BCUT2D eigenvalue weighted by atomic mass is 79.9. The summed E-state index contributed by atoms with van der Waals surface area (Å²) in [7, 11) is 1.57. The summed E-state index contributed by atoms with van der Waals surface area (Å²) < 4.78 is 18.2. The van der Waals surface area contributed by atoms with Crippen LogP contribution in [0.4, 0.5) is 0 Å². The number of hydrogen-bond acceptors (Lipinski definition) is 6. The number of halogens is 1. The monoisotopic (exact) mass is 528 g/mol. The first-order chi connectivity index (χ1) is 17.0. The number of aromatic hydroxyl groups is 1. The standard InChI is InChI=1S/C28H21BrN2O4/c1-33-25-12-18(26-21-10-9-19(32)13-24(21)35-28(31)22(26)14-30)11-23(29)27(25)34-15-17-7-4-6-16-5-2-3-8-20(16)17/h2-13,26,32H,15,31H2,1H3/t26-/m0/s1. The first kappa shape index (κ1) is 22.6. The zero-order chi connectivity index (χ0) is 24.5. The fourth-order valence-electron chi connectivity index (χ4n) is 4.40. The van der Waals surface area contributed by atoms with E-state index in [1.54, 1.807) is 19.2 Å². The molecule has 0 amide bonds. The van der Waals surface area contributed by atoms with Crippen LogP contribution in [0.3, 0.4) is 0 Å². The van der Waals surface area contributed by atoms with Gasteiger partial charge < -0.3 is 25.1 Å². The van der Waals surface area contributed by atoms with E-state index in [0.717, 1.165) is 21.9 Å². The van der Waals surface area contributed by atoms with E-state index < -0.39 is 5.92 Å². The Morgan fingerprint density at radius 1 is 1.09 bits per heavy atom. The van der Waals surface area contributed by atoms with Crippen molar-refractivity contribution in [1.29, 1.82) is 5.26 Å². The Balaban J connectivity index is 1.54. The average molecular weight is 529 g/mol. The van der Waals surface area contributed by atoms with Gasteiger partial charge in [-0.15, -0.1) is 0 Å². The van der Waals surface area contributed by atoms with Crippen molar-refractivity contribution in [3.8, 4) is 29.1 Å². The molecule has 0 fully saturated rings. The number of fused-ring (bicyclic) bond motifs is 2. The van der Waals surface area contributed by atoms with Crippen LogP contribution in [0.1, 0.15) is 22.6 Å². The molecule has 0 aliphatic carbocycles. The summed E-state index contributed by atoms with van der Waals surface area (Å²) >= 11 is 3.63. The van der Waals surface area contributed by atoms with Gasteiger partial charge in [-0.2, -0.15) is 5.26 Å². The number of ether oxygens (including phenoxy) is 3. The van der Waals surface area contributed by atoms with Gasteiger partial charge in [0.2, 0.25) is 5.88 Å². The van der Waals surface area contributed by atoms with E-state index in [9.17, 15) is 10.4 Å². The third kappa shape index (κ3) is 4.13. The van der Waals surface area contributed by atoms with Crippen LogP contribution in [0.15, 0.2) is 88.7 Å². The van der Waals surface area contributed by atoms with Crippen molar-refractivity contribution >= 4 is 26.7 Å². The summed E-state index contributed by atoms with van der Waals surface area (Å²) in [6.07, 6.45) is 0. The summed E-state index contributed by atoms with van der Waals surface area (Å²) in [5.41, 5.74) is 8.88. The Morgan fingerprint density at radius 2 is 1.89 bits per heavy atom. The number of phenols is 1. The molecule has 0 saturated heterocycles. The minimum atomic E-state index is -0.498. The molecule has 7 heteroatoms. The Kier molecular flexibility index (Phi) is 5.98. The Labute approximate surface area is 210 Å². The molecule has 4 aromatic rings. The lowest BCUT2D eigenvalue weighted by Gasteiger charge is -2.27. The zero-order valence-electron chi connectivity index (χ0n) is 18.8. The Bertz CT molecular complexity index is 1520. The van der Waals surface area contributed by atoms with Gasteiger partial charge in [-0.3, -0.25) is 0 Å². The molecule has 3 N–H and O–H groups in total. The number of phenolic OH excluding ortho intramolecular Hbond substituents is 1. The fraction of sp³-hybridized carbons (Fsp3) is 0.107. The second-order valence-electron chi connectivity index (χ2n) is 8.11. The molecule has 0 aromatic heterocycles. The van der Waals surface area contributed by atoms with E-state index in [-0.39, 0.29) is 17.2 Å². The molecule has 0 radical (unpaired) electrons. The summed E-state index contributed by atoms with van der Waals surface area (Å²) in [6, 6.07) is 24.9. The topological polar surface area (TPSA) is 97.7 Å². The van der Waals surface area contributed by atoms with Crippen LogP contribution in [0, 0.1) is 11.3 Å². The minimum Gasteiger partial charge on any atom is -0.508 e. The van der Waals surface area contributed by atoms with E-state index in [4.69, 9.17) is 19.9 Å². The van der Waals surface area contributed by atoms with Crippen LogP contribution in [-0.2, 0) is 6.61 Å². The van der Waals surface area contributed by atoms with Gasteiger partial charge in [0.15, 0.2) is 11.5 Å². The van der Waals surface area contributed by atoms with Gasteiger partial charge in [-0.25, -0.2) is 0 Å². The molecule has 174 valence electrons. The van der Waals surface area contributed by atoms with Crippen LogP contribution >= 0.6 is 15.9 Å². The largest absolute Gasteiger partial charge is 0.508 e. The second kappa shape index (κ2) is 9.24. The molecule has 5 rings (SSSR count). The molecule has 0 saturated carbocycles. The average Bonchev–Trinajstić information content (AvgIpc) is 2.86. The van der Waals surface area contributed by atoms with E-state index >= 15 is 0 Å². The number of nitrogens with two attached hydrogens (primary N) is 1. The normalized spacial score (nSPS) is 14.7. The van der Waals surface area contributed by atoms with Crippen LogP contribution in [0.5, 0.6) is 23.0 Å². The highest BCUT2D eigenvalue weighted by molar-refractivity contribution is 9.10. The maximum absolute atomic E-state index is 9.89. The molecule has 1 aliphatic heterocycles. The lowest BCUT2D eigenvalue weighted by Crippen LogP contribution is -2.21. The summed E-state index contributed by atoms with van der Waals surface area (Å²) in [5, 5.41) is 22.0. The van der Waals surface area contributed by atoms with Gasteiger partial charge in [0.25, 0.3) is 0 Å². The van der Waals surface area contributed by atoms with Gasteiger partial charge in [-0.05, 0) is 56.0 Å². The first-order valence-corrected chi connectivity index (χ1v) is 11.7. The quantitative estimate of drug-likeness (QED) is 0.324. The van der Waals surface area contributed by atoms with Crippen molar-refractivity contribution in [1.82, 2.24) is 0 Å². The van der Waals surface area contributed by atoms with Gasteiger partial charge in [0, 0.05) is 11.6 Å². The van der Waals surface area contributed by atoms with E-state index in [2.05, 4.69) is 40.2 Å². The highest BCUT2D eigenvalue weighted by Crippen LogP contribution is 2.47. The lowest BCUT2D eigenvalue weighted by atomic mass is 9.83. The molecule has 1 heterocycles. The van der Waals surface area contributed by atoms with Crippen LogP contribution in [0.2, 0.25) is 0 Å². The Hall–Kier alpha value is -4.15. The highest BCUT2D eigenvalue weighted by Gasteiger charge is 2.32. The van der Waals surface area contributed by atoms with Gasteiger partial charge in [-0.1, -0.05) is 48.5 Å². The molecule has 1 aliphatic rings. The maximum atomic E-state index is 9.89. The number of nitrogens with zero attached hydrogens (tertiary/aromatic N) is 1. The summed E-state index contributed by atoms with van der Waals surface area (Å²) in [5.74, 6) is 1.02. The van der Waals surface area contributed by atoms with Crippen molar-refractivity contribution in [2.24, 2.45) is 5.73 Å². The number of nitriles is 1. The van der Waals surface area contributed by atoms with Crippen LogP contribution in [-0.4, -0.2) is 12.2 Å². The van der Waals surface area contributed by atoms with Crippen molar-refractivity contribution in [2.75, 3.05) is 7.11 Å². The molecule has 0 unspecified atom stereocenters. The smallest absolute Gasteiger partial charge is 0.205 e. The molecule has 0 bridgehead atoms. The molecule has 1 atom stereocenters. The predicted molar refractivity (Wildman–Crippen MR) is 136 cm³/mol. The molecule has 0 spiro atoms. The van der Waals surface area contributed by atoms with Gasteiger partial charge in [0.1, 0.15) is 29.7 Å². The van der Waals surface area contributed by atoms with E-state index in [1.165, 1.54) is 6.07 Å². The zero-order valence-corrected chi connectivity index (χ0v) is 20.4. The molecular weight excluding hydrogens is 508 g/mol. The van der Waals surface area contributed by atoms with Crippen molar-refractivity contribution in [3.05, 3.63) is 105 Å². The second-order valence-corrected chi connectivity index (χ2v) is 8.96. The van der Waals surface area contributed by atoms with Crippen molar-refractivity contribution in [3.63, 3.8) is 0 Å². The molecule has 6 nitrogen and oxygen atoms in total. The van der Waals surface area contributed by atoms with Gasteiger partial charge in [0.05, 0.1) is 17.5 Å².